The summed E-state index contributed by atoms with van der Waals surface area (Å²) in [6, 6.07) is 8.09. The number of hydrogen-bond donors (Lipinski definition) is 3. The Morgan fingerprint density at radius 3 is 2.94 bits per heavy atom. The van der Waals surface area contributed by atoms with E-state index in [1.165, 1.54) is 31.2 Å². The number of carbonyl (C=O) groups is 1. The third kappa shape index (κ3) is 3.93. The Hall–Kier alpha value is -4.02. The average Bonchev–Trinajstić information content (AvgIpc) is 3.20. The van der Waals surface area contributed by atoms with Gasteiger partial charge in [-0.2, -0.15) is 14.5 Å². The van der Waals surface area contributed by atoms with Crippen molar-refractivity contribution in [3.8, 4) is 0 Å². The van der Waals surface area contributed by atoms with Gasteiger partial charge >= 0.3 is 0 Å². The molecule has 2 atom stereocenters. The molecule has 2 fully saturated rings. The molecular formula is C23H24FN9O. The maximum atomic E-state index is 13.1. The largest absolute Gasteiger partial charge is 0.327 e. The first-order valence-electron chi connectivity index (χ1n) is 11.4. The van der Waals surface area contributed by atoms with Crippen LogP contribution in [-0.2, 0) is 4.79 Å². The fraction of sp³-hybridized carbons (Fsp3) is 0.348. The van der Waals surface area contributed by atoms with Gasteiger partial charge in [0.15, 0.2) is 11.6 Å². The molecule has 2 aliphatic rings. The minimum absolute atomic E-state index is 0.204. The predicted octanol–water partition coefficient (Wildman–Crippen LogP) is 3.46. The van der Waals surface area contributed by atoms with E-state index in [0.29, 0.717) is 42.2 Å². The van der Waals surface area contributed by atoms with E-state index in [2.05, 4.69) is 37.8 Å². The Morgan fingerprint density at radius 1 is 1.26 bits per heavy atom. The molecule has 174 valence electrons. The zero-order valence-corrected chi connectivity index (χ0v) is 18.6. The van der Waals surface area contributed by atoms with Gasteiger partial charge in [-0.15, -0.1) is 5.10 Å². The second-order valence-corrected chi connectivity index (χ2v) is 9.07. The molecule has 10 nitrogen and oxygen atoms in total. The van der Waals surface area contributed by atoms with Gasteiger partial charge in [0, 0.05) is 30.4 Å². The van der Waals surface area contributed by atoms with Gasteiger partial charge in [-0.3, -0.25) is 9.89 Å². The summed E-state index contributed by atoms with van der Waals surface area (Å²) in [7, 11) is 0. The molecule has 5 heterocycles. The highest BCUT2D eigenvalue weighted by atomic mass is 19.1. The van der Waals surface area contributed by atoms with E-state index in [-0.39, 0.29) is 11.8 Å². The lowest BCUT2D eigenvalue weighted by atomic mass is 10.1. The fourth-order valence-electron chi connectivity index (χ4n) is 4.45. The molecule has 3 N–H and O–H groups in total. The van der Waals surface area contributed by atoms with Crippen molar-refractivity contribution < 1.29 is 9.18 Å². The Labute approximate surface area is 194 Å². The summed E-state index contributed by atoms with van der Waals surface area (Å²) in [6.07, 6.45) is 6.19. The van der Waals surface area contributed by atoms with Crippen molar-refractivity contribution in [3.05, 3.63) is 54.4 Å². The van der Waals surface area contributed by atoms with Crippen LogP contribution in [0, 0.1) is 11.9 Å². The van der Waals surface area contributed by atoms with Gasteiger partial charge in [-0.05, 0) is 49.4 Å². The van der Waals surface area contributed by atoms with Crippen molar-refractivity contribution in [2.75, 3.05) is 22.1 Å². The van der Waals surface area contributed by atoms with Crippen molar-refractivity contribution in [1.82, 2.24) is 29.8 Å². The Balaban J connectivity index is 1.29. The summed E-state index contributed by atoms with van der Waals surface area (Å²) in [4.78, 5) is 23.4. The highest BCUT2D eigenvalue weighted by Crippen LogP contribution is 2.40. The highest BCUT2D eigenvalue weighted by molar-refractivity contribution is 5.97. The number of amides is 1. The van der Waals surface area contributed by atoms with Gasteiger partial charge in [0.05, 0.1) is 11.9 Å². The number of carbonyl (C=O) groups excluding carboxylic acids is 1. The molecule has 1 aliphatic carbocycles. The summed E-state index contributed by atoms with van der Waals surface area (Å²) < 4.78 is 14.9. The first-order chi connectivity index (χ1) is 16.5. The summed E-state index contributed by atoms with van der Waals surface area (Å²) in [5, 5.41) is 18.3. The minimum atomic E-state index is -0.594. The van der Waals surface area contributed by atoms with Crippen LogP contribution in [0.4, 0.5) is 27.7 Å². The van der Waals surface area contributed by atoms with Gasteiger partial charge in [0.25, 0.3) is 0 Å². The Kier molecular flexibility index (Phi) is 4.89. The summed E-state index contributed by atoms with van der Waals surface area (Å²) in [5.41, 5.74) is 2.38. The second kappa shape index (κ2) is 8.08. The molecule has 0 bridgehead atoms. The molecule has 1 amide bonds. The number of aromatic nitrogens is 6. The van der Waals surface area contributed by atoms with E-state index < -0.39 is 12.0 Å². The summed E-state index contributed by atoms with van der Waals surface area (Å²) >= 11 is 0. The third-order valence-corrected chi connectivity index (χ3v) is 6.31. The minimum Gasteiger partial charge on any atom is -0.327 e. The molecule has 11 heteroatoms. The van der Waals surface area contributed by atoms with Crippen LogP contribution in [0.1, 0.15) is 37.8 Å². The van der Waals surface area contributed by atoms with Crippen LogP contribution in [0.5, 0.6) is 0 Å². The summed E-state index contributed by atoms with van der Waals surface area (Å²) in [5.74, 6) is 1.81. The van der Waals surface area contributed by atoms with E-state index in [4.69, 9.17) is 4.98 Å². The zero-order valence-electron chi connectivity index (χ0n) is 18.6. The molecule has 4 aromatic heterocycles. The predicted molar refractivity (Wildman–Crippen MR) is 125 cm³/mol. The van der Waals surface area contributed by atoms with Crippen LogP contribution in [0.25, 0.3) is 5.52 Å². The van der Waals surface area contributed by atoms with Crippen LogP contribution in [0.3, 0.4) is 0 Å². The van der Waals surface area contributed by atoms with Gasteiger partial charge < -0.3 is 15.5 Å². The van der Waals surface area contributed by atoms with Gasteiger partial charge in [0.1, 0.15) is 11.6 Å². The van der Waals surface area contributed by atoms with Crippen molar-refractivity contribution in [2.45, 2.75) is 38.1 Å². The fourth-order valence-corrected chi connectivity index (χ4v) is 4.45. The van der Waals surface area contributed by atoms with Gasteiger partial charge in [0.2, 0.25) is 17.8 Å². The number of pyridine rings is 1. The molecule has 0 unspecified atom stereocenters. The number of rotatable bonds is 6. The van der Waals surface area contributed by atoms with Crippen molar-refractivity contribution >= 4 is 34.7 Å². The molecule has 34 heavy (non-hydrogen) atoms. The number of fused-ring (bicyclic) bond motifs is 1. The molecule has 1 aliphatic heterocycles. The van der Waals surface area contributed by atoms with Crippen molar-refractivity contribution in [3.63, 3.8) is 0 Å². The van der Waals surface area contributed by atoms with Gasteiger partial charge in [-0.1, -0.05) is 6.92 Å². The van der Waals surface area contributed by atoms with Crippen LogP contribution in [0.2, 0.25) is 0 Å². The molecule has 6 rings (SSSR count). The number of aromatic amines is 1. The number of halogens is 1. The molecule has 0 aromatic carbocycles. The quantitative estimate of drug-likeness (QED) is 0.377. The van der Waals surface area contributed by atoms with Crippen LogP contribution < -0.4 is 15.5 Å². The number of nitrogens with zero attached hydrogens (tertiary/aromatic N) is 6. The topological polar surface area (TPSA) is 116 Å². The van der Waals surface area contributed by atoms with Crippen molar-refractivity contribution in [2.24, 2.45) is 5.92 Å². The van der Waals surface area contributed by atoms with Crippen LogP contribution in [0.15, 0.2) is 42.7 Å². The monoisotopic (exact) mass is 461 g/mol. The van der Waals surface area contributed by atoms with Crippen molar-refractivity contribution in [1.29, 1.82) is 0 Å². The highest BCUT2D eigenvalue weighted by Gasteiger charge is 2.37. The van der Waals surface area contributed by atoms with Crippen LogP contribution >= 0.6 is 0 Å². The molecule has 1 saturated carbocycles. The molecular weight excluding hydrogens is 437 g/mol. The lowest BCUT2D eigenvalue weighted by Crippen LogP contribution is -2.41. The molecule has 4 aromatic rings. The van der Waals surface area contributed by atoms with E-state index in [1.807, 2.05) is 29.3 Å². The smallest absolute Gasteiger partial charge is 0.247 e. The Bertz CT molecular complexity index is 1340. The van der Waals surface area contributed by atoms with Gasteiger partial charge in [-0.25, -0.2) is 9.50 Å². The Morgan fingerprint density at radius 2 is 2.15 bits per heavy atom. The molecule has 1 saturated heterocycles. The van der Waals surface area contributed by atoms with E-state index in [9.17, 15) is 9.18 Å². The standard InChI is InChI=1S/C23H24FN9O/c1-13-9-18(22(34)26-15-6-7-19(24)25-11-15)32(12-13)23-28-21(17-3-2-8-33(17)31-23)27-20-10-16(29-30-20)14-4-5-14/h2-3,6-8,10-11,13-14,18H,4-5,9,12H2,1H3,(H,26,34)(H2,27,28,29,30,31)/t13-,18-/m0/s1. The zero-order chi connectivity index (χ0) is 23.2. The van der Waals surface area contributed by atoms with Crippen LogP contribution in [-0.4, -0.2) is 48.3 Å². The average molecular weight is 462 g/mol. The molecule has 0 radical (unpaired) electrons. The lowest BCUT2D eigenvalue weighted by molar-refractivity contribution is -0.117. The second-order valence-electron chi connectivity index (χ2n) is 9.07. The number of H-pyrrole nitrogens is 1. The van der Waals surface area contributed by atoms with E-state index in [1.54, 1.807) is 4.52 Å². The first-order valence-corrected chi connectivity index (χ1v) is 11.4. The lowest BCUT2D eigenvalue weighted by Gasteiger charge is -2.24. The van der Waals surface area contributed by atoms with E-state index >= 15 is 0 Å². The SMILES string of the molecule is C[C@H]1C[C@@H](C(=O)Nc2ccc(F)nc2)N(c2nc(Nc3cc(C4CC4)[nH]n3)c3cccn3n2)C1. The third-order valence-electron chi connectivity index (χ3n) is 6.31. The molecule has 0 spiro atoms. The maximum Gasteiger partial charge on any atom is 0.247 e. The number of anilines is 4. The maximum absolute atomic E-state index is 13.1. The normalized spacial score (nSPS) is 20.1. The van der Waals surface area contributed by atoms with E-state index in [0.717, 1.165) is 11.2 Å². The number of nitrogens with one attached hydrogen (secondary N) is 3. The number of hydrogen-bond acceptors (Lipinski definition) is 7. The first kappa shape index (κ1) is 20.6. The summed E-state index contributed by atoms with van der Waals surface area (Å²) in [6.45, 7) is 2.73.